The van der Waals surface area contributed by atoms with E-state index in [1.165, 1.54) is 0 Å². The highest BCUT2D eigenvalue weighted by molar-refractivity contribution is 5.57. The Labute approximate surface area is 152 Å². The van der Waals surface area contributed by atoms with Gasteiger partial charge in [0.05, 0.1) is 13.2 Å². The van der Waals surface area contributed by atoms with Crippen LogP contribution in [0.5, 0.6) is 5.75 Å². The average molecular weight is 354 g/mol. The number of aliphatic hydroxyl groups excluding tert-OH is 1. The van der Waals surface area contributed by atoms with Crippen LogP contribution in [0.2, 0.25) is 0 Å². The standard InChI is InChI=1S/C19H22N4O3/c1-12(2)18-22-19(26-23-18)14-7-8-20-17(10-14)21-11-16(24)13-5-4-6-15(9-13)25-3/h4-10,12,16,24H,11H2,1-3H3,(H,20,21). The van der Waals surface area contributed by atoms with Crippen LogP contribution < -0.4 is 10.1 Å². The fourth-order valence-corrected chi connectivity index (χ4v) is 2.41. The smallest absolute Gasteiger partial charge is 0.258 e. The van der Waals surface area contributed by atoms with E-state index in [1.54, 1.807) is 19.4 Å². The van der Waals surface area contributed by atoms with Crippen LogP contribution in [0.1, 0.15) is 37.3 Å². The van der Waals surface area contributed by atoms with Gasteiger partial charge in [-0.15, -0.1) is 0 Å². The summed E-state index contributed by atoms with van der Waals surface area (Å²) in [5.74, 6) is 2.64. The first kappa shape index (κ1) is 17.9. The van der Waals surface area contributed by atoms with Crippen LogP contribution in [0, 0.1) is 0 Å². The van der Waals surface area contributed by atoms with Gasteiger partial charge in [0.1, 0.15) is 11.6 Å². The third-order valence-electron chi connectivity index (χ3n) is 3.92. The van der Waals surface area contributed by atoms with Gasteiger partial charge in [-0.25, -0.2) is 4.98 Å². The van der Waals surface area contributed by atoms with Gasteiger partial charge in [0.15, 0.2) is 5.82 Å². The molecule has 1 unspecified atom stereocenters. The van der Waals surface area contributed by atoms with Crippen molar-refractivity contribution in [2.24, 2.45) is 0 Å². The Balaban J connectivity index is 1.68. The molecule has 2 N–H and O–H groups in total. The summed E-state index contributed by atoms with van der Waals surface area (Å²) in [7, 11) is 1.60. The number of hydrogen-bond acceptors (Lipinski definition) is 7. The van der Waals surface area contributed by atoms with Crippen LogP contribution in [0.4, 0.5) is 5.82 Å². The lowest BCUT2D eigenvalue weighted by molar-refractivity contribution is 0.191. The molecule has 0 bridgehead atoms. The number of rotatable bonds is 7. The van der Waals surface area contributed by atoms with E-state index in [-0.39, 0.29) is 5.92 Å². The molecule has 136 valence electrons. The maximum atomic E-state index is 10.4. The van der Waals surface area contributed by atoms with Crippen molar-refractivity contribution in [3.8, 4) is 17.2 Å². The maximum absolute atomic E-state index is 10.4. The number of hydrogen-bond donors (Lipinski definition) is 2. The van der Waals surface area contributed by atoms with E-state index in [0.717, 1.165) is 11.1 Å². The fraction of sp³-hybridized carbons (Fsp3) is 0.316. The van der Waals surface area contributed by atoms with E-state index in [9.17, 15) is 5.11 Å². The van der Waals surface area contributed by atoms with Gasteiger partial charge in [-0.1, -0.05) is 31.1 Å². The Morgan fingerprint density at radius 2 is 2.08 bits per heavy atom. The summed E-state index contributed by atoms with van der Waals surface area (Å²) in [6.07, 6.45) is 0.973. The molecule has 2 heterocycles. The SMILES string of the molecule is COc1cccc(C(O)CNc2cc(-c3nc(C(C)C)no3)ccn2)c1. The summed E-state index contributed by atoms with van der Waals surface area (Å²) in [6.45, 7) is 4.33. The molecule has 1 atom stereocenters. The summed E-state index contributed by atoms with van der Waals surface area (Å²) < 4.78 is 10.5. The third kappa shape index (κ3) is 4.18. The first-order chi connectivity index (χ1) is 12.6. The number of nitrogens with zero attached hydrogens (tertiary/aromatic N) is 3. The Morgan fingerprint density at radius 3 is 2.81 bits per heavy atom. The minimum Gasteiger partial charge on any atom is -0.497 e. The van der Waals surface area contributed by atoms with Crippen LogP contribution in [0.25, 0.3) is 11.5 Å². The second-order valence-electron chi connectivity index (χ2n) is 6.22. The van der Waals surface area contributed by atoms with E-state index in [2.05, 4.69) is 20.4 Å². The number of benzene rings is 1. The van der Waals surface area contributed by atoms with Crippen LogP contribution >= 0.6 is 0 Å². The molecule has 2 aromatic heterocycles. The molecule has 0 spiro atoms. The molecule has 0 saturated carbocycles. The first-order valence-corrected chi connectivity index (χ1v) is 8.42. The van der Waals surface area contributed by atoms with Crippen LogP contribution in [0.15, 0.2) is 47.1 Å². The van der Waals surface area contributed by atoms with Crippen LogP contribution in [0.3, 0.4) is 0 Å². The molecule has 7 heteroatoms. The van der Waals surface area contributed by atoms with Gasteiger partial charge in [0, 0.05) is 24.2 Å². The first-order valence-electron chi connectivity index (χ1n) is 8.42. The average Bonchev–Trinajstić information content (AvgIpc) is 3.17. The lowest BCUT2D eigenvalue weighted by atomic mass is 10.1. The van der Waals surface area contributed by atoms with Crippen molar-refractivity contribution in [2.75, 3.05) is 19.0 Å². The highest BCUT2D eigenvalue weighted by Crippen LogP contribution is 2.23. The van der Waals surface area contributed by atoms with Crippen LogP contribution in [-0.4, -0.2) is 33.9 Å². The van der Waals surface area contributed by atoms with Crippen molar-refractivity contribution in [2.45, 2.75) is 25.9 Å². The van der Waals surface area contributed by atoms with E-state index >= 15 is 0 Å². The number of methoxy groups -OCH3 is 1. The normalized spacial score (nSPS) is 12.2. The summed E-state index contributed by atoms with van der Waals surface area (Å²) >= 11 is 0. The van der Waals surface area contributed by atoms with Crippen LogP contribution in [-0.2, 0) is 0 Å². The van der Waals surface area contributed by atoms with E-state index < -0.39 is 6.10 Å². The van der Waals surface area contributed by atoms with Gasteiger partial charge in [0.2, 0.25) is 0 Å². The molecule has 0 aliphatic heterocycles. The monoisotopic (exact) mass is 354 g/mol. The van der Waals surface area contributed by atoms with Crippen molar-refractivity contribution < 1.29 is 14.4 Å². The molecule has 0 aliphatic carbocycles. The molecule has 1 aromatic carbocycles. The molecule has 0 saturated heterocycles. The number of anilines is 1. The van der Waals surface area contributed by atoms with Gasteiger partial charge in [-0.05, 0) is 29.8 Å². The number of pyridine rings is 1. The summed E-state index contributed by atoms with van der Waals surface area (Å²) in [5.41, 5.74) is 1.55. The summed E-state index contributed by atoms with van der Waals surface area (Å²) in [4.78, 5) is 8.66. The molecule has 0 amide bonds. The molecule has 0 aliphatic rings. The number of aromatic nitrogens is 3. The Bertz CT molecular complexity index is 863. The fourth-order valence-electron chi connectivity index (χ4n) is 2.41. The Morgan fingerprint density at radius 1 is 1.23 bits per heavy atom. The van der Waals surface area contributed by atoms with Crippen molar-refractivity contribution in [3.63, 3.8) is 0 Å². The topological polar surface area (TPSA) is 93.3 Å². The van der Waals surface area contributed by atoms with Gasteiger partial charge < -0.3 is 19.7 Å². The number of aliphatic hydroxyl groups is 1. The zero-order chi connectivity index (χ0) is 18.5. The second kappa shape index (κ2) is 7.97. The summed E-state index contributed by atoms with van der Waals surface area (Å²) in [5, 5.41) is 17.5. The molecule has 26 heavy (non-hydrogen) atoms. The minimum atomic E-state index is -0.688. The predicted octanol–water partition coefficient (Wildman–Crippen LogP) is 3.41. The quantitative estimate of drug-likeness (QED) is 0.671. The highest BCUT2D eigenvalue weighted by Gasteiger charge is 2.13. The summed E-state index contributed by atoms with van der Waals surface area (Å²) in [6, 6.07) is 11.0. The minimum absolute atomic E-state index is 0.199. The maximum Gasteiger partial charge on any atom is 0.258 e. The van der Waals surface area contributed by atoms with Crippen molar-refractivity contribution in [3.05, 3.63) is 54.0 Å². The molecular formula is C19H22N4O3. The third-order valence-corrected chi connectivity index (χ3v) is 3.92. The molecule has 0 fully saturated rings. The van der Waals surface area contributed by atoms with Crippen molar-refractivity contribution >= 4 is 5.82 Å². The Kier molecular flexibility index (Phi) is 5.48. The van der Waals surface area contributed by atoms with Crippen molar-refractivity contribution in [1.82, 2.24) is 15.1 Å². The second-order valence-corrected chi connectivity index (χ2v) is 6.22. The Hall–Kier alpha value is -2.93. The predicted molar refractivity (Wildman–Crippen MR) is 98.1 cm³/mol. The van der Waals surface area contributed by atoms with E-state index in [0.29, 0.717) is 29.8 Å². The molecule has 0 radical (unpaired) electrons. The van der Waals surface area contributed by atoms with Gasteiger partial charge in [-0.2, -0.15) is 4.98 Å². The molecular weight excluding hydrogens is 332 g/mol. The largest absolute Gasteiger partial charge is 0.497 e. The van der Waals surface area contributed by atoms with Gasteiger partial charge in [0.25, 0.3) is 5.89 Å². The lowest BCUT2D eigenvalue weighted by Gasteiger charge is -2.13. The van der Waals surface area contributed by atoms with Gasteiger partial charge in [-0.3, -0.25) is 0 Å². The number of ether oxygens (including phenoxy) is 1. The van der Waals surface area contributed by atoms with E-state index in [1.807, 2.05) is 44.2 Å². The highest BCUT2D eigenvalue weighted by atomic mass is 16.5. The zero-order valence-corrected chi connectivity index (χ0v) is 15.0. The zero-order valence-electron chi connectivity index (χ0n) is 15.0. The van der Waals surface area contributed by atoms with Crippen molar-refractivity contribution in [1.29, 1.82) is 0 Å². The molecule has 3 rings (SSSR count). The molecule has 7 nitrogen and oxygen atoms in total. The number of nitrogens with one attached hydrogen (secondary N) is 1. The van der Waals surface area contributed by atoms with E-state index in [4.69, 9.17) is 9.26 Å². The molecule has 3 aromatic rings. The lowest BCUT2D eigenvalue weighted by Crippen LogP contribution is -2.13. The van der Waals surface area contributed by atoms with Gasteiger partial charge >= 0.3 is 0 Å².